The molecule has 1 saturated heterocycles. The van der Waals surface area contributed by atoms with E-state index in [0.717, 1.165) is 50.1 Å². The fraction of sp³-hybridized carbons (Fsp3) is 0.480. The van der Waals surface area contributed by atoms with Gasteiger partial charge in [-0.3, -0.25) is 0 Å². The second-order valence-corrected chi connectivity index (χ2v) is 7.77. The average Bonchev–Trinajstić information content (AvgIpc) is 2.83. The highest BCUT2D eigenvalue weighted by Crippen LogP contribution is 2.20. The summed E-state index contributed by atoms with van der Waals surface area (Å²) in [7, 11) is 1.68. The van der Waals surface area contributed by atoms with Gasteiger partial charge in [0.2, 0.25) is 0 Å². The Kier molecular flexibility index (Phi) is 12.3. The van der Waals surface area contributed by atoms with Crippen LogP contribution in [0.2, 0.25) is 0 Å². The molecule has 7 nitrogen and oxygen atoms in total. The first-order chi connectivity index (χ1) is 15.7. The minimum atomic E-state index is 0. The smallest absolute Gasteiger partial charge is 0.191 e. The Balaban J connectivity index is 0.00000385. The van der Waals surface area contributed by atoms with Crippen molar-refractivity contribution in [2.45, 2.75) is 26.9 Å². The van der Waals surface area contributed by atoms with Gasteiger partial charge < -0.3 is 29.7 Å². The lowest BCUT2D eigenvalue weighted by molar-refractivity contribution is 0.122. The minimum absolute atomic E-state index is 0. The molecule has 8 heteroatoms. The summed E-state index contributed by atoms with van der Waals surface area (Å²) in [4.78, 5) is 7.12. The quantitative estimate of drug-likeness (QED) is 0.197. The number of nitrogens with one attached hydrogen (secondary N) is 2. The first-order valence-corrected chi connectivity index (χ1v) is 11.3. The highest BCUT2D eigenvalue weighted by molar-refractivity contribution is 14.0. The second-order valence-electron chi connectivity index (χ2n) is 7.77. The molecular weight excluding hydrogens is 531 g/mol. The zero-order chi connectivity index (χ0) is 22.6. The molecule has 3 rings (SSSR count). The number of nitrogens with zero attached hydrogens (tertiary/aromatic N) is 2. The SMILES string of the molecule is CCNC(=NCc1ccc(N2CCOCC2)cc1)NCc1ccc(C)cc1OCCOC.I. The normalized spacial score (nSPS) is 13.9. The Morgan fingerprint density at radius 2 is 1.82 bits per heavy atom. The predicted octanol–water partition coefficient (Wildman–Crippen LogP) is 3.73. The van der Waals surface area contributed by atoms with E-state index >= 15 is 0 Å². The Morgan fingerprint density at radius 3 is 2.52 bits per heavy atom. The molecule has 0 atom stereocenters. The molecule has 1 aliphatic heterocycles. The predicted molar refractivity (Wildman–Crippen MR) is 145 cm³/mol. The molecule has 0 aromatic heterocycles. The van der Waals surface area contributed by atoms with Gasteiger partial charge in [-0.25, -0.2) is 4.99 Å². The molecule has 182 valence electrons. The number of aliphatic imine (C=N–C) groups is 1. The zero-order valence-corrected chi connectivity index (χ0v) is 22.3. The van der Waals surface area contributed by atoms with Crippen LogP contribution in [-0.2, 0) is 22.6 Å². The Bertz CT molecular complexity index is 855. The molecule has 0 amide bonds. The number of methoxy groups -OCH3 is 1. The van der Waals surface area contributed by atoms with Gasteiger partial charge in [-0.1, -0.05) is 24.3 Å². The number of hydrogen-bond acceptors (Lipinski definition) is 5. The van der Waals surface area contributed by atoms with E-state index in [0.29, 0.717) is 26.3 Å². The molecule has 2 N–H and O–H groups in total. The maximum absolute atomic E-state index is 5.90. The van der Waals surface area contributed by atoms with Crippen LogP contribution in [0.15, 0.2) is 47.5 Å². The van der Waals surface area contributed by atoms with Gasteiger partial charge >= 0.3 is 0 Å². The van der Waals surface area contributed by atoms with Crippen molar-refractivity contribution in [3.63, 3.8) is 0 Å². The Labute approximate surface area is 214 Å². The number of morpholine rings is 1. The van der Waals surface area contributed by atoms with Crippen LogP contribution >= 0.6 is 24.0 Å². The zero-order valence-electron chi connectivity index (χ0n) is 19.9. The molecule has 33 heavy (non-hydrogen) atoms. The van der Waals surface area contributed by atoms with Crippen molar-refractivity contribution in [1.29, 1.82) is 0 Å². The van der Waals surface area contributed by atoms with Crippen molar-refractivity contribution in [2.75, 3.05) is 58.1 Å². The summed E-state index contributed by atoms with van der Waals surface area (Å²) in [6.07, 6.45) is 0. The number of hydrogen-bond donors (Lipinski definition) is 2. The van der Waals surface area contributed by atoms with E-state index in [1.165, 1.54) is 16.8 Å². The van der Waals surface area contributed by atoms with E-state index in [1.54, 1.807) is 7.11 Å². The number of halogens is 1. The maximum atomic E-state index is 5.90. The largest absolute Gasteiger partial charge is 0.491 e. The molecule has 2 aromatic carbocycles. The van der Waals surface area contributed by atoms with Crippen LogP contribution in [0.25, 0.3) is 0 Å². The molecule has 2 aromatic rings. The van der Waals surface area contributed by atoms with Gasteiger partial charge in [0, 0.05) is 44.5 Å². The third kappa shape index (κ3) is 9.02. The van der Waals surface area contributed by atoms with Crippen molar-refractivity contribution in [3.8, 4) is 5.75 Å². The van der Waals surface area contributed by atoms with Gasteiger partial charge in [0.15, 0.2) is 5.96 Å². The molecule has 1 aliphatic rings. The molecule has 0 unspecified atom stereocenters. The van der Waals surface area contributed by atoms with Gasteiger partial charge in [-0.15, -0.1) is 24.0 Å². The number of rotatable bonds is 10. The third-order valence-electron chi connectivity index (χ3n) is 5.29. The van der Waals surface area contributed by atoms with E-state index < -0.39 is 0 Å². The lowest BCUT2D eigenvalue weighted by atomic mass is 10.1. The monoisotopic (exact) mass is 568 g/mol. The summed E-state index contributed by atoms with van der Waals surface area (Å²) >= 11 is 0. The summed E-state index contributed by atoms with van der Waals surface area (Å²) in [6, 6.07) is 14.9. The lowest BCUT2D eigenvalue weighted by Crippen LogP contribution is -2.37. The van der Waals surface area contributed by atoms with E-state index in [2.05, 4.69) is 71.8 Å². The van der Waals surface area contributed by atoms with Crippen LogP contribution in [-0.4, -0.2) is 59.1 Å². The highest BCUT2D eigenvalue weighted by atomic mass is 127. The van der Waals surface area contributed by atoms with Crippen LogP contribution in [0.3, 0.4) is 0 Å². The van der Waals surface area contributed by atoms with Gasteiger partial charge in [0.25, 0.3) is 0 Å². The molecule has 0 radical (unpaired) electrons. The molecule has 1 heterocycles. The van der Waals surface area contributed by atoms with Gasteiger partial charge in [-0.2, -0.15) is 0 Å². The summed E-state index contributed by atoms with van der Waals surface area (Å²) in [6.45, 7) is 10.8. The fourth-order valence-electron chi connectivity index (χ4n) is 3.50. The van der Waals surface area contributed by atoms with Crippen LogP contribution in [0.5, 0.6) is 5.75 Å². The third-order valence-corrected chi connectivity index (χ3v) is 5.29. The first-order valence-electron chi connectivity index (χ1n) is 11.3. The Morgan fingerprint density at radius 1 is 1.06 bits per heavy atom. The van der Waals surface area contributed by atoms with Gasteiger partial charge in [-0.05, 0) is 43.2 Å². The number of aryl methyl sites for hydroxylation is 1. The van der Waals surface area contributed by atoms with Gasteiger partial charge in [0.1, 0.15) is 12.4 Å². The van der Waals surface area contributed by atoms with E-state index in [9.17, 15) is 0 Å². The number of anilines is 1. The molecule has 1 fully saturated rings. The topological polar surface area (TPSA) is 67.4 Å². The molecule has 0 spiro atoms. The van der Waals surface area contributed by atoms with Crippen molar-refractivity contribution < 1.29 is 14.2 Å². The summed E-state index contributed by atoms with van der Waals surface area (Å²) in [5.41, 5.74) is 4.68. The number of guanidine groups is 1. The van der Waals surface area contributed by atoms with Crippen LogP contribution < -0.4 is 20.3 Å². The summed E-state index contributed by atoms with van der Waals surface area (Å²) in [5.74, 6) is 1.66. The van der Waals surface area contributed by atoms with Crippen molar-refractivity contribution in [1.82, 2.24) is 10.6 Å². The molecule has 0 saturated carbocycles. The van der Waals surface area contributed by atoms with Crippen molar-refractivity contribution in [3.05, 3.63) is 59.2 Å². The molecule has 0 aliphatic carbocycles. The van der Waals surface area contributed by atoms with Crippen LogP contribution in [0, 0.1) is 6.92 Å². The van der Waals surface area contributed by atoms with Crippen LogP contribution in [0.1, 0.15) is 23.6 Å². The molecular formula is C25H37IN4O3. The van der Waals surface area contributed by atoms with E-state index in [4.69, 9.17) is 19.2 Å². The highest BCUT2D eigenvalue weighted by Gasteiger charge is 2.11. The van der Waals surface area contributed by atoms with E-state index in [-0.39, 0.29) is 24.0 Å². The standard InChI is InChI=1S/C25H36N4O3.HI/c1-4-26-25(28-19-22-8-5-20(2)17-24(22)32-16-15-30-3)27-18-21-6-9-23(10-7-21)29-11-13-31-14-12-29;/h5-10,17H,4,11-16,18-19H2,1-3H3,(H2,26,27,28);1H. The van der Waals surface area contributed by atoms with Crippen molar-refractivity contribution >= 4 is 35.6 Å². The maximum Gasteiger partial charge on any atom is 0.191 e. The van der Waals surface area contributed by atoms with E-state index in [1.807, 2.05) is 0 Å². The minimum Gasteiger partial charge on any atom is -0.491 e. The summed E-state index contributed by atoms with van der Waals surface area (Å²) < 4.78 is 16.4. The summed E-state index contributed by atoms with van der Waals surface area (Å²) in [5, 5.41) is 6.75. The first kappa shape index (κ1) is 27.2. The Hall–Kier alpha value is -2.04. The number of ether oxygens (including phenoxy) is 3. The number of benzene rings is 2. The lowest BCUT2D eigenvalue weighted by Gasteiger charge is -2.28. The second kappa shape index (κ2) is 15.0. The van der Waals surface area contributed by atoms with Crippen molar-refractivity contribution in [2.24, 2.45) is 4.99 Å². The van der Waals surface area contributed by atoms with Gasteiger partial charge in [0.05, 0.1) is 26.4 Å². The molecule has 0 bridgehead atoms. The fourth-order valence-corrected chi connectivity index (χ4v) is 3.50. The van der Waals surface area contributed by atoms with Crippen LogP contribution in [0.4, 0.5) is 5.69 Å². The average molecular weight is 569 g/mol.